The smallest absolute Gasteiger partial charge is 0.404 e. The second-order valence-corrected chi connectivity index (χ2v) is 4.71. The summed E-state index contributed by atoms with van der Waals surface area (Å²) in [6, 6.07) is 18.1. The fourth-order valence-corrected chi connectivity index (χ4v) is 2.06. The minimum absolute atomic E-state index is 0.214. The molecule has 1 amide bonds. The summed E-state index contributed by atoms with van der Waals surface area (Å²) in [5, 5.41) is 10.8. The van der Waals surface area contributed by atoms with Crippen LogP contribution in [0.1, 0.15) is 5.56 Å². The lowest BCUT2D eigenvalue weighted by atomic mass is 10.0. The van der Waals surface area contributed by atoms with Gasteiger partial charge in [0.05, 0.1) is 0 Å². The largest absolute Gasteiger partial charge is 0.465 e. The van der Waals surface area contributed by atoms with E-state index in [0.717, 1.165) is 11.1 Å². The predicted octanol–water partition coefficient (Wildman–Crippen LogP) is 2.49. The van der Waals surface area contributed by atoms with Gasteiger partial charge in [-0.15, -0.1) is 0 Å². The molecule has 104 valence electrons. The van der Waals surface area contributed by atoms with Crippen molar-refractivity contribution in [3.05, 3.63) is 60.2 Å². The third-order valence-corrected chi connectivity index (χ3v) is 3.07. The quantitative estimate of drug-likeness (QED) is 0.781. The zero-order valence-corrected chi connectivity index (χ0v) is 11.1. The number of rotatable bonds is 5. The summed E-state index contributed by atoms with van der Waals surface area (Å²) in [5.74, 6) is 0. The van der Waals surface area contributed by atoms with Crippen LogP contribution in [0.4, 0.5) is 4.79 Å². The van der Waals surface area contributed by atoms with Gasteiger partial charge in [0, 0.05) is 12.6 Å². The maximum absolute atomic E-state index is 10.4. The first kappa shape index (κ1) is 14.1. The first-order chi connectivity index (χ1) is 9.65. The van der Waals surface area contributed by atoms with E-state index in [2.05, 4.69) is 29.6 Å². The van der Waals surface area contributed by atoms with Crippen molar-refractivity contribution in [2.24, 2.45) is 5.73 Å². The number of carboxylic acid groups (broad SMARTS) is 1. The molecule has 0 radical (unpaired) electrons. The van der Waals surface area contributed by atoms with Crippen LogP contribution in [0.3, 0.4) is 0 Å². The summed E-state index contributed by atoms with van der Waals surface area (Å²) in [7, 11) is 0. The van der Waals surface area contributed by atoms with Crippen molar-refractivity contribution in [1.29, 1.82) is 0 Å². The highest BCUT2D eigenvalue weighted by atomic mass is 16.4. The molecule has 0 bridgehead atoms. The summed E-state index contributed by atoms with van der Waals surface area (Å²) in [6.07, 6.45) is -0.394. The lowest BCUT2D eigenvalue weighted by Crippen LogP contribution is -2.37. The molecule has 0 fully saturated rings. The van der Waals surface area contributed by atoms with Gasteiger partial charge in [-0.2, -0.15) is 0 Å². The number of nitrogens with one attached hydrogen (secondary N) is 1. The van der Waals surface area contributed by atoms with Crippen LogP contribution in [0.25, 0.3) is 11.1 Å². The number of benzene rings is 2. The van der Waals surface area contributed by atoms with E-state index in [9.17, 15) is 4.79 Å². The molecule has 0 aliphatic heterocycles. The highest BCUT2D eigenvalue weighted by Crippen LogP contribution is 2.19. The van der Waals surface area contributed by atoms with Crippen LogP contribution < -0.4 is 11.1 Å². The molecule has 2 aromatic rings. The summed E-state index contributed by atoms with van der Waals surface area (Å²) >= 11 is 0. The van der Waals surface area contributed by atoms with E-state index in [-0.39, 0.29) is 12.6 Å². The number of amides is 1. The maximum Gasteiger partial charge on any atom is 0.404 e. The summed E-state index contributed by atoms with van der Waals surface area (Å²) < 4.78 is 0. The Hall–Kier alpha value is -2.33. The minimum atomic E-state index is -1.04. The van der Waals surface area contributed by atoms with E-state index in [1.165, 1.54) is 5.56 Å². The Bertz CT molecular complexity index is 552. The lowest BCUT2D eigenvalue weighted by Gasteiger charge is -2.11. The zero-order chi connectivity index (χ0) is 14.4. The molecule has 0 aliphatic carbocycles. The van der Waals surface area contributed by atoms with Crippen LogP contribution in [0.5, 0.6) is 0 Å². The molecule has 0 aromatic heterocycles. The van der Waals surface area contributed by atoms with Gasteiger partial charge in [0.15, 0.2) is 0 Å². The van der Waals surface area contributed by atoms with Crippen molar-refractivity contribution in [3.8, 4) is 11.1 Å². The highest BCUT2D eigenvalue weighted by molar-refractivity contribution is 5.64. The molecule has 0 saturated carbocycles. The zero-order valence-electron chi connectivity index (χ0n) is 11.1. The molecule has 0 aliphatic rings. The van der Waals surface area contributed by atoms with Crippen molar-refractivity contribution in [2.75, 3.05) is 6.54 Å². The van der Waals surface area contributed by atoms with Crippen molar-refractivity contribution in [1.82, 2.24) is 5.32 Å². The second kappa shape index (κ2) is 6.73. The molecule has 2 rings (SSSR count). The number of carbonyl (C=O) groups is 1. The van der Waals surface area contributed by atoms with E-state index >= 15 is 0 Å². The van der Waals surface area contributed by atoms with Crippen LogP contribution in [-0.2, 0) is 6.42 Å². The monoisotopic (exact) mass is 270 g/mol. The molecule has 4 N–H and O–H groups in total. The van der Waals surface area contributed by atoms with Crippen molar-refractivity contribution >= 4 is 6.09 Å². The molecule has 2 aromatic carbocycles. The Balaban J connectivity index is 1.96. The van der Waals surface area contributed by atoms with Gasteiger partial charge >= 0.3 is 6.09 Å². The number of nitrogens with two attached hydrogens (primary N) is 1. The third kappa shape index (κ3) is 4.10. The SMILES string of the molecule is N[C@@H](CNC(=O)O)Cc1ccc(-c2ccccc2)cc1. The van der Waals surface area contributed by atoms with E-state index in [4.69, 9.17) is 10.8 Å². The van der Waals surface area contributed by atoms with Crippen molar-refractivity contribution in [2.45, 2.75) is 12.5 Å². The van der Waals surface area contributed by atoms with Gasteiger partial charge < -0.3 is 16.2 Å². The van der Waals surface area contributed by atoms with Crippen molar-refractivity contribution in [3.63, 3.8) is 0 Å². The number of hydrogen-bond donors (Lipinski definition) is 3. The van der Waals surface area contributed by atoms with Gasteiger partial charge in [-0.25, -0.2) is 4.79 Å². The summed E-state index contributed by atoms with van der Waals surface area (Å²) in [6.45, 7) is 0.260. The fraction of sp³-hybridized carbons (Fsp3) is 0.188. The van der Waals surface area contributed by atoms with Crippen LogP contribution in [0.15, 0.2) is 54.6 Å². The van der Waals surface area contributed by atoms with Gasteiger partial charge in [-0.3, -0.25) is 0 Å². The average Bonchev–Trinajstić information content (AvgIpc) is 2.47. The first-order valence-corrected chi connectivity index (χ1v) is 6.52. The van der Waals surface area contributed by atoms with Gasteiger partial charge in [-0.05, 0) is 23.1 Å². The Labute approximate surface area is 118 Å². The Morgan fingerprint density at radius 2 is 1.65 bits per heavy atom. The van der Waals surface area contributed by atoms with Crippen LogP contribution >= 0.6 is 0 Å². The van der Waals surface area contributed by atoms with E-state index in [1.54, 1.807) is 0 Å². The minimum Gasteiger partial charge on any atom is -0.465 e. The molecule has 20 heavy (non-hydrogen) atoms. The standard InChI is InChI=1S/C16H18N2O2/c17-15(11-18-16(19)20)10-12-6-8-14(9-7-12)13-4-2-1-3-5-13/h1-9,15,18H,10-11,17H2,(H,19,20)/t15-/m1/s1. The van der Waals surface area contributed by atoms with Crippen LogP contribution in [-0.4, -0.2) is 23.8 Å². The average molecular weight is 270 g/mol. The first-order valence-electron chi connectivity index (χ1n) is 6.52. The van der Waals surface area contributed by atoms with E-state index in [1.807, 2.05) is 30.3 Å². The van der Waals surface area contributed by atoms with Gasteiger partial charge in [0.2, 0.25) is 0 Å². The van der Waals surface area contributed by atoms with Crippen LogP contribution in [0, 0.1) is 0 Å². The maximum atomic E-state index is 10.4. The second-order valence-electron chi connectivity index (χ2n) is 4.71. The Morgan fingerprint density at radius 3 is 2.25 bits per heavy atom. The Morgan fingerprint density at radius 1 is 1.05 bits per heavy atom. The van der Waals surface area contributed by atoms with Crippen LogP contribution in [0.2, 0.25) is 0 Å². The molecule has 4 heteroatoms. The molecule has 0 heterocycles. The predicted molar refractivity (Wildman–Crippen MR) is 79.6 cm³/mol. The molecule has 0 spiro atoms. The van der Waals surface area contributed by atoms with Gasteiger partial charge in [-0.1, -0.05) is 54.6 Å². The number of hydrogen-bond acceptors (Lipinski definition) is 2. The normalized spacial score (nSPS) is 11.8. The molecular weight excluding hydrogens is 252 g/mol. The lowest BCUT2D eigenvalue weighted by molar-refractivity contribution is 0.193. The molecular formula is C16H18N2O2. The topological polar surface area (TPSA) is 75.3 Å². The summed E-state index contributed by atoms with van der Waals surface area (Å²) in [5.41, 5.74) is 9.31. The van der Waals surface area contributed by atoms with E-state index in [0.29, 0.717) is 6.42 Å². The van der Waals surface area contributed by atoms with Gasteiger partial charge in [0.1, 0.15) is 0 Å². The molecule has 0 unspecified atom stereocenters. The van der Waals surface area contributed by atoms with Crippen molar-refractivity contribution < 1.29 is 9.90 Å². The molecule has 4 nitrogen and oxygen atoms in total. The fourth-order valence-electron chi connectivity index (χ4n) is 2.06. The molecule has 1 atom stereocenters. The third-order valence-electron chi connectivity index (χ3n) is 3.07. The molecule has 0 saturated heterocycles. The summed E-state index contributed by atoms with van der Waals surface area (Å²) in [4.78, 5) is 10.4. The highest BCUT2D eigenvalue weighted by Gasteiger charge is 2.06. The Kier molecular flexibility index (Phi) is 4.74. The van der Waals surface area contributed by atoms with E-state index < -0.39 is 6.09 Å². The van der Waals surface area contributed by atoms with Gasteiger partial charge in [0.25, 0.3) is 0 Å².